The molecule has 0 atom stereocenters. The molecule has 0 saturated carbocycles. The van der Waals surface area contributed by atoms with E-state index in [-0.39, 0.29) is 5.91 Å². The molecule has 2 N–H and O–H groups in total. The van der Waals surface area contributed by atoms with Gasteiger partial charge in [-0.15, -0.1) is 0 Å². The number of carbonyl (C=O) groups is 1. The average molecular weight is 392 g/mol. The second-order valence-electron chi connectivity index (χ2n) is 7.23. The molecular formula is C24H28N2O3. The summed E-state index contributed by atoms with van der Waals surface area (Å²) in [6.07, 6.45) is 2.18. The molecule has 0 aliphatic rings. The van der Waals surface area contributed by atoms with Gasteiger partial charge in [0.1, 0.15) is 0 Å². The van der Waals surface area contributed by atoms with Gasteiger partial charge in [-0.2, -0.15) is 0 Å². The number of carbonyl (C=O) groups excluding carboxylic acids is 1. The van der Waals surface area contributed by atoms with Crippen LogP contribution < -0.4 is 15.2 Å². The number of nitrogens with two attached hydrogens (primary N) is 1. The van der Waals surface area contributed by atoms with Gasteiger partial charge in [-0.05, 0) is 59.0 Å². The van der Waals surface area contributed by atoms with Gasteiger partial charge in [0.2, 0.25) is 5.91 Å². The van der Waals surface area contributed by atoms with Crippen molar-refractivity contribution in [1.29, 1.82) is 0 Å². The van der Waals surface area contributed by atoms with Crippen LogP contribution in [-0.2, 0) is 17.6 Å². The molecule has 0 unspecified atom stereocenters. The number of rotatable bonds is 8. The van der Waals surface area contributed by atoms with Crippen LogP contribution in [0.5, 0.6) is 11.5 Å². The minimum atomic E-state index is 0.0891. The Bertz CT molecular complexity index is 1000. The van der Waals surface area contributed by atoms with E-state index in [2.05, 4.69) is 18.2 Å². The van der Waals surface area contributed by atoms with Gasteiger partial charge in [0.05, 0.1) is 20.6 Å². The molecule has 0 fully saturated rings. The number of ether oxygens (including phenoxy) is 2. The van der Waals surface area contributed by atoms with Crippen LogP contribution in [0.3, 0.4) is 0 Å². The van der Waals surface area contributed by atoms with E-state index in [1.807, 2.05) is 43.4 Å². The fourth-order valence-electron chi connectivity index (χ4n) is 3.41. The predicted octanol–water partition coefficient (Wildman–Crippen LogP) is 4.07. The van der Waals surface area contributed by atoms with E-state index in [4.69, 9.17) is 15.2 Å². The van der Waals surface area contributed by atoms with Crippen molar-refractivity contribution in [2.75, 3.05) is 33.5 Å². The Balaban J connectivity index is 1.53. The first-order valence-electron chi connectivity index (χ1n) is 9.73. The molecule has 0 heterocycles. The Morgan fingerprint density at radius 1 is 0.897 bits per heavy atom. The summed E-state index contributed by atoms with van der Waals surface area (Å²) in [5, 5.41) is 2.34. The topological polar surface area (TPSA) is 64.8 Å². The maximum absolute atomic E-state index is 12.6. The number of amides is 1. The van der Waals surface area contributed by atoms with Gasteiger partial charge in [0, 0.05) is 19.3 Å². The Kier molecular flexibility index (Phi) is 6.60. The van der Waals surface area contributed by atoms with Crippen molar-refractivity contribution in [1.82, 2.24) is 4.90 Å². The summed E-state index contributed by atoms with van der Waals surface area (Å²) in [6, 6.07) is 18.0. The number of anilines is 1. The molecule has 1 amide bonds. The van der Waals surface area contributed by atoms with E-state index >= 15 is 0 Å². The SMILES string of the molecule is COc1ccc(CC(=O)N(C)CCCc2ccc3cc(N)ccc3c2)cc1OC. The Hall–Kier alpha value is -3.21. The normalized spacial score (nSPS) is 10.7. The number of fused-ring (bicyclic) bond motifs is 1. The van der Waals surface area contributed by atoms with Crippen LogP contribution in [0.4, 0.5) is 5.69 Å². The first-order chi connectivity index (χ1) is 14.0. The largest absolute Gasteiger partial charge is 0.493 e. The quantitative estimate of drug-likeness (QED) is 0.587. The molecule has 3 aromatic carbocycles. The standard InChI is InChI=1S/C24H28N2O3/c1-26(24(27)15-18-7-11-22(28-2)23(14-18)29-3)12-4-5-17-6-8-20-16-21(25)10-9-19(20)13-17/h6-11,13-14,16H,4-5,12,15,25H2,1-3H3. The van der Waals surface area contributed by atoms with Crippen LogP contribution >= 0.6 is 0 Å². The third-order valence-electron chi connectivity index (χ3n) is 5.12. The zero-order valence-electron chi connectivity index (χ0n) is 17.3. The minimum Gasteiger partial charge on any atom is -0.493 e. The molecule has 0 aliphatic carbocycles. The first kappa shape index (κ1) is 20.5. The lowest BCUT2D eigenvalue weighted by Gasteiger charge is -2.18. The maximum atomic E-state index is 12.6. The Morgan fingerprint density at radius 2 is 1.59 bits per heavy atom. The number of aryl methyl sites for hydroxylation is 1. The van der Waals surface area contributed by atoms with Crippen molar-refractivity contribution in [3.63, 3.8) is 0 Å². The van der Waals surface area contributed by atoms with Crippen molar-refractivity contribution < 1.29 is 14.3 Å². The minimum absolute atomic E-state index is 0.0891. The van der Waals surface area contributed by atoms with Crippen LogP contribution in [-0.4, -0.2) is 38.6 Å². The first-order valence-corrected chi connectivity index (χ1v) is 9.73. The van der Waals surface area contributed by atoms with Crippen molar-refractivity contribution >= 4 is 22.4 Å². The van der Waals surface area contributed by atoms with E-state index in [0.717, 1.165) is 29.5 Å². The van der Waals surface area contributed by atoms with E-state index in [1.54, 1.807) is 19.1 Å². The molecule has 152 valence electrons. The molecule has 5 nitrogen and oxygen atoms in total. The number of likely N-dealkylation sites (N-methyl/N-ethyl adjacent to an activating group) is 1. The van der Waals surface area contributed by atoms with Crippen LogP contribution in [0.2, 0.25) is 0 Å². The number of methoxy groups -OCH3 is 2. The number of nitrogens with zero attached hydrogens (tertiary/aromatic N) is 1. The zero-order valence-corrected chi connectivity index (χ0v) is 17.3. The summed E-state index contributed by atoms with van der Waals surface area (Å²) in [6.45, 7) is 0.714. The number of nitrogen functional groups attached to an aromatic ring is 1. The Labute approximate surface area is 172 Å². The van der Waals surface area contributed by atoms with Crippen molar-refractivity contribution in [3.8, 4) is 11.5 Å². The highest BCUT2D eigenvalue weighted by Crippen LogP contribution is 2.27. The highest BCUT2D eigenvalue weighted by atomic mass is 16.5. The molecule has 3 rings (SSSR count). The molecule has 0 aliphatic heterocycles. The highest BCUT2D eigenvalue weighted by Gasteiger charge is 2.12. The molecular weight excluding hydrogens is 364 g/mol. The van der Waals surface area contributed by atoms with Gasteiger partial charge >= 0.3 is 0 Å². The molecule has 0 radical (unpaired) electrons. The Morgan fingerprint density at radius 3 is 2.34 bits per heavy atom. The molecule has 29 heavy (non-hydrogen) atoms. The van der Waals surface area contributed by atoms with E-state index in [9.17, 15) is 4.79 Å². The molecule has 3 aromatic rings. The number of benzene rings is 3. The van der Waals surface area contributed by atoms with E-state index in [1.165, 1.54) is 10.9 Å². The lowest BCUT2D eigenvalue weighted by molar-refractivity contribution is -0.129. The summed E-state index contributed by atoms with van der Waals surface area (Å²) in [5.74, 6) is 1.39. The van der Waals surface area contributed by atoms with E-state index in [0.29, 0.717) is 24.5 Å². The lowest BCUT2D eigenvalue weighted by Crippen LogP contribution is -2.29. The predicted molar refractivity (Wildman–Crippen MR) is 118 cm³/mol. The number of hydrogen-bond donors (Lipinski definition) is 1. The summed E-state index contributed by atoms with van der Waals surface area (Å²) >= 11 is 0. The molecule has 0 aromatic heterocycles. The second kappa shape index (κ2) is 9.32. The van der Waals surface area contributed by atoms with Crippen molar-refractivity contribution in [3.05, 3.63) is 65.7 Å². The van der Waals surface area contributed by atoms with Gasteiger partial charge in [-0.3, -0.25) is 4.79 Å². The van der Waals surface area contributed by atoms with Gasteiger partial charge in [-0.1, -0.05) is 30.3 Å². The van der Waals surface area contributed by atoms with Gasteiger partial charge in [0.25, 0.3) is 0 Å². The molecule has 0 bridgehead atoms. The fourth-order valence-corrected chi connectivity index (χ4v) is 3.41. The molecule has 5 heteroatoms. The zero-order chi connectivity index (χ0) is 20.8. The van der Waals surface area contributed by atoms with Crippen molar-refractivity contribution in [2.45, 2.75) is 19.3 Å². The summed E-state index contributed by atoms with van der Waals surface area (Å²) < 4.78 is 10.6. The van der Waals surface area contributed by atoms with Crippen LogP contribution in [0.15, 0.2) is 54.6 Å². The van der Waals surface area contributed by atoms with Crippen LogP contribution in [0, 0.1) is 0 Å². The summed E-state index contributed by atoms with van der Waals surface area (Å²) in [5.41, 5.74) is 8.79. The van der Waals surface area contributed by atoms with Crippen molar-refractivity contribution in [2.24, 2.45) is 0 Å². The smallest absolute Gasteiger partial charge is 0.226 e. The van der Waals surface area contributed by atoms with Gasteiger partial charge < -0.3 is 20.1 Å². The maximum Gasteiger partial charge on any atom is 0.226 e. The lowest BCUT2D eigenvalue weighted by atomic mass is 10.0. The fraction of sp³-hybridized carbons (Fsp3) is 0.292. The summed E-state index contributed by atoms with van der Waals surface area (Å²) in [4.78, 5) is 14.3. The van der Waals surface area contributed by atoms with E-state index < -0.39 is 0 Å². The van der Waals surface area contributed by atoms with Crippen LogP contribution in [0.25, 0.3) is 10.8 Å². The monoisotopic (exact) mass is 392 g/mol. The molecule has 0 saturated heterocycles. The third-order valence-corrected chi connectivity index (χ3v) is 5.12. The van der Waals surface area contributed by atoms with Gasteiger partial charge in [0.15, 0.2) is 11.5 Å². The summed E-state index contributed by atoms with van der Waals surface area (Å²) in [7, 11) is 5.05. The van der Waals surface area contributed by atoms with Crippen LogP contribution in [0.1, 0.15) is 17.5 Å². The second-order valence-corrected chi connectivity index (χ2v) is 7.23. The van der Waals surface area contributed by atoms with Gasteiger partial charge in [-0.25, -0.2) is 0 Å². The third kappa shape index (κ3) is 5.19. The number of hydrogen-bond acceptors (Lipinski definition) is 4. The molecule has 0 spiro atoms. The highest BCUT2D eigenvalue weighted by molar-refractivity contribution is 5.86. The average Bonchev–Trinajstić information content (AvgIpc) is 2.73.